The van der Waals surface area contributed by atoms with Crippen LogP contribution in [-0.4, -0.2) is 34.7 Å². The molecule has 1 aliphatic rings. The Hall–Kier alpha value is -4.04. The van der Waals surface area contributed by atoms with E-state index in [1.165, 1.54) is 6.33 Å². The van der Waals surface area contributed by atoms with Crippen LogP contribution >= 0.6 is 11.6 Å². The molecule has 0 saturated heterocycles. The maximum absolute atomic E-state index is 13.3. The Balaban J connectivity index is 1.40. The number of aromatic nitrogens is 7. The SMILES string of the molecule is O=c1cc(-c2cc(Cl)ccc2-n2cnnn2)cc2n1C(c1ncc(-c3ccccc3)[nH]1)CC2. The van der Waals surface area contributed by atoms with Crippen LogP contribution in [0.15, 0.2) is 78.0 Å². The summed E-state index contributed by atoms with van der Waals surface area (Å²) in [6, 6.07) is 19.0. The second-order valence-corrected chi connectivity index (χ2v) is 8.40. The quantitative estimate of drug-likeness (QED) is 0.441. The molecule has 6 rings (SSSR count). The number of hydrogen-bond donors (Lipinski definition) is 1. The molecule has 1 unspecified atom stereocenters. The van der Waals surface area contributed by atoms with Crippen LogP contribution in [0.3, 0.4) is 0 Å². The van der Waals surface area contributed by atoms with E-state index in [0.29, 0.717) is 5.02 Å². The second-order valence-electron chi connectivity index (χ2n) is 7.96. The molecule has 162 valence electrons. The summed E-state index contributed by atoms with van der Waals surface area (Å²) in [5, 5.41) is 12.0. The number of fused-ring (bicyclic) bond motifs is 1. The highest BCUT2D eigenvalue weighted by Gasteiger charge is 2.28. The van der Waals surface area contributed by atoms with Crippen molar-refractivity contribution in [3.63, 3.8) is 0 Å². The highest BCUT2D eigenvalue weighted by Crippen LogP contribution is 2.34. The van der Waals surface area contributed by atoms with Crippen molar-refractivity contribution in [2.75, 3.05) is 0 Å². The minimum Gasteiger partial charge on any atom is -0.340 e. The molecule has 3 aromatic heterocycles. The predicted octanol–water partition coefficient (Wildman–Crippen LogP) is 4.07. The van der Waals surface area contributed by atoms with Crippen LogP contribution in [0.1, 0.15) is 24.0 Å². The molecule has 33 heavy (non-hydrogen) atoms. The van der Waals surface area contributed by atoms with E-state index in [2.05, 4.69) is 25.5 Å². The summed E-state index contributed by atoms with van der Waals surface area (Å²) in [6.07, 6.45) is 4.92. The zero-order valence-corrected chi connectivity index (χ0v) is 18.1. The standard InChI is InChI=1S/C24H18ClN7O/c25-17-6-8-21(31-14-27-29-30-31)19(12-17)16-10-18-7-9-22(32(18)23(33)11-16)24-26-13-20(28-24)15-4-2-1-3-5-15/h1-6,8,10-14,22H,7,9H2,(H,26,28). The van der Waals surface area contributed by atoms with Crippen molar-refractivity contribution in [1.82, 2.24) is 34.7 Å². The van der Waals surface area contributed by atoms with Gasteiger partial charge in [-0.05, 0) is 58.7 Å². The number of imidazole rings is 1. The largest absolute Gasteiger partial charge is 0.340 e. The van der Waals surface area contributed by atoms with Crippen LogP contribution in [0.2, 0.25) is 5.02 Å². The van der Waals surface area contributed by atoms with Crippen LogP contribution in [-0.2, 0) is 6.42 Å². The molecule has 1 aliphatic heterocycles. The van der Waals surface area contributed by atoms with Gasteiger partial charge >= 0.3 is 0 Å². The van der Waals surface area contributed by atoms with Gasteiger partial charge in [-0.25, -0.2) is 4.98 Å². The summed E-state index contributed by atoms with van der Waals surface area (Å²) in [6.45, 7) is 0. The fourth-order valence-corrected chi connectivity index (χ4v) is 4.66. The van der Waals surface area contributed by atoms with Crippen molar-refractivity contribution in [1.29, 1.82) is 0 Å². The van der Waals surface area contributed by atoms with Crippen molar-refractivity contribution in [2.24, 2.45) is 0 Å². The molecular formula is C24H18ClN7O. The fourth-order valence-electron chi connectivity index (χ4n) is 4.49. The molecule has 1 atom stereocenters. The Morgan fingerprint density at radius 3 is 2.73 bits per heavy atom. The lowest BCUT2D eigenvalue weighted by Gasteiger charge is -2.15. The van der Waals surface area contributed by atoms with Gasteiger partial charge in [0.25, 0.3) is 5.56 Å². The van der Waals surface area contributed by atoms with E-state index in [0.717, 1.165) is 52.4 Å². The van der Waals surface area contributed by atoms with E-state index < -0.39 is 0 Å². The first-order valence-corrected chi connectivity index (χ1v) is 10.9. The van der Waals surface area contributed by atoms with Gasteiger partial charge in [-0.1, -0.05) is 41.9 Å². The van der Waals surface area contributed by atoms with Crippen LogP contribution < -0.4 is 5.56 Å². The average molecular weight is 456 g/mol. The zero-order valence-electron chi connectivity index (χ0n) is 17.4. The van der Waals surface area contributed by atoms with E-state index in [1.54, 1.807) is 16.8 Å². The smallest absolute Gasteiger partial charge is 0.252 e. The summed E-state index contributed by atoms with van der Waals surface area (Å²) in [7, 11) is 0. The molecule has 0 amide bonds. The van der Waals surface area contributed by atoms with E-state index in [9.17, 15) is 4.79 Å². The summed E-state index contributed by atoms with van der Waals surface area (Å²) < 4.78 is 3.39. The summed E-state index contributed by atoms with van der Waals surface area (Å²) >= 11 is 6.28. The molecule has 0 fully saturated rings. The molecule has 8 nitrogen and oxygen atoms in total. The molecule has 5 aromatic rings. The van der Waals surface area contributed by atoms with E-state index in [1.807, 2.05) is 59.3 Å². The Morgan fingerprint density at radius 2 is 1.91 bits per heavy atom. The number of H-pyrrole nitrogens is 1. The van der Waals surface area contributed by atoms with Crippen molar-refractivity contribution in [2.45, 2.75) is 18.9 Å². The molecule has 0 bridgehead atoms. The lowest BCUT2D eigenvalue weighted by Crippen LogP contribution is -2.23. The first-order valence-electron chi connectivity index (χ1n) is 10.6. The molecule has 0 saturated carbocycles. The molecule has 0 spiro atoms. The van der Waals surface area contributed by atoms with Gasteiger partial charge in [-0.15, -0.1) is 5.10 Å². The second kappa shape index (κ2) is 7.83. The van der Waals surface area contributed by atoms with E-state index >= 15 is 0 Å². The Morgan fingerprint density at radius 1 is 1.03 bits per heavy atom. The molecule has 0 aliphatic carbocycles. The molecule has 1 N–H and O–H groups in total. The Bertz CT molecular complexity index is 1510. The summed E-state index contributed by atoms with van der Waals surface area (Å²) in [5.74, 6) is 0.791. The summed E-state index contributed by atoms with van der Waals surface area (Å²) in [5.41, 5.74) is 5.21. The topological polar surface area (TPSA) is 94.3 Å². The van der Waals surface area contributed by atoms with Gasteiger partial charge in [0.2, 0.25) is 0 Å². The number of aryl methyl sites for hydroxylation is 1. The number of halogens is 1. The third-order valence-corrected chi connectivity index (χ3v) is 6.23. The van der Waals surface area contributed by atoms with Crippen LogP contribution in [0.25, 0.3) is 28.1 Å². The van der Waals surface area contributed by atoms with Crippen LogP contribution in [0.4, 0.5) is 0 Å². The number of nitrogens with zero attached hydrogens (tertiary/aromatic N) is 6. The number of tetrazole rings is 1. The molecular weight excluding hydrogens is 438 g/mol. The zero-order chi connectivity index (χ0) is 22.4. The normalized spacial score (nSPS) is 15.0. The number of nitrogens with one attached hydrogen (secondary N) is 1. The monoisotopic (exact) mass is 455 g/mol. The first-order chi connectivity index (χ1) is 16.2. The van der Waals surface area contributed by atoms with E-state index in [4.69, 9.17) is 11.6 Å². The highest BCUT2D eigenvalue weighted by atomic mass is 35.5. The maximum atomic E-state index is 13.3. The van der Waals surface area contributed by atoms with Gasteiger partial charge in [0.05, 0.1) is 23.6 Å². The minimum absolute atomic E-state index is 0.0784. The first kappa shape index (κ1) is 19.6. The van der Waals surface area contributed by atoms with Crippen LogP contribution in [0.5, 0.6) is 0 Å². The predicted molar refractivity (Wildman–Crippen MR) is 124 cm³/mol. The van der Waals surface area contributed by atoms with Gasteiger partial charge in [-0.2, -0.15) is 4.68 Å². The van der Waals surface area contributed by atoms with Gasteiger partial charge < -0.3 is 9.55 Å². The highest BCUT2D eigenvalue weighted by molar-refractivity contribution is 6.31. The molecule has 4 heterocycles. The number of rotatable bonds is 4. The molecule has 2 aromatic carbocycles. The summed E-state index contributed by atoms with van der Waals surface area (Å²) in [4.78, 5) is 21.3. The molecule has 0 radical (unpaired) electrons. The Kier molecular flexibility index (Phi) is 4.66. The average Bonchev–Trinajstić information content (AvgIpc) is 3.60. The minimum atomic E-state index is -0.127. The van der Waals surface area contributed by atoms with Crippen molar-refractivity contribution in [3.05, 3.63) is 100 Å². The van der Waals surface area contributed by atoms with E-state index in [-0.39, 0.29) is 11.6 Å². The van der Waals surface area contributed by atoms with Gasteiger partial charge in [-0.3, -0.25) is 4.79 Å². The van der Waals surface area contributed by atoms with Crippen molar-refractivity contribution >= 4 is 11.6 Å². The van der Waals surface area contributed by atoms with Gasteiger partial charge in [0, 0.05) is 22.3 Å². The number of aromatic amines is 1. The third-order valence-electron chi connectivity index (χ3n) is 5.99. The van der Waals surface area contributed by atoms with Crippen molar-refractivity contribution in [3.8, 4) is 28.1 Å². The third kappa shape index (κ3) is 3.44. The number of hydrogen-bond acceptors (Lipinski definition) is 5. The Labute approximate surface area is 193 Å². The van der Waals surface area contributed by atoms with Crippen LogP contribution in [0, 0.1) is 0 Å². The molecule has 9 heteroatoms. The van der Waals surface area contributed by atoms with Crippen molar-refractivity contribution < 1.29 is 0 Å². The fraction of sp³-hybridized carbons (Fsp3) is 0.125. The maximum Gasteiger partial charge on any atom is 0.252 e. The lowest BCUT2D eigenvalue weighted by molar-refractivity contribution is 0.572. The number of pyridine rings is 1. The van der Waals surface area contributed by atoms with Gasteiger partial charge in [0.1, 0.15) is 12.2 Å². The lowest BCUT2D eigenvalue weighted by atomic mass is 10.0. The van der Waals surface area contributed by atoms with Gasteiger partial charge in [0.15, 0.2) is 0 Å². The number of benzene rings is 2.